The predicted octanol–water partition coefficient (Wildman–Crippen LogP) is 1.09. The fourth-order valence-corrected chi connectivity index (χ4v) is 3.08. The lowest BCUT2D eigenvalue weighted by molar-refractivity contribution is -0.120. The van der Waals surface area contributed by atoms with Gasteiger partial charge in [-0.2, -0.15) is 0 Å². The van der Waals surface area contributed by atoms with Crippen LogP contribution < -0.4 is 15.5 Å². The van der Waals surface area contributed by atoms with Crippen molar-refractivity contribution in [3.05, 3.63) is 29.8 Å². The second-order valence-corrected chi connectivity index (χ2v) is 5.37. The molecule has 1 unspecified atom stereocenters. The van der Waals surface area contributed by atoms with Gasteiger partial charge in [-0.25, -0.2) is 0 Å². The number of carbonyl (C=O) groups excluding carboxylic acids is 1. The Morgan fingerprint density at radius 2 is 2.11 bits per heavy atom. The maximum absolute atomic E-state index is 11.6. The highest BCUT2D eigenvalue weighted by Crippen LogP contribution is 2.31. The number of benzene rings is 1. The van der Waals surface area contributed by atoms with Crippen molar-refractivity contribution in [2.75, 3.05) is 37.6 Å². The van der Waals surface area contributed by atoms with Gasteiger partial charge in [-0.15, -0.1) is 0 Å². The highest BCUT2D eigenvalue weighted by Gasteiger charge is 2.23. The van der Waals surface area contributed by atoms with Crippen LogP contribution in [0.15, 0.2) is 24.3 Å². The molecule has 3 rings (SSSR count). The summed E-state index contributed by atoms with van der Waals surface area (Å²) in [5.41, 5.74) is 2.63. The summed E-state index contributed by atoms with van der Waals surface area (Å²) in [6, 6.07) is 8.56. The van der Waals surface area contributed by atoms with Crippen molar-refractivity contribution in [1.29, 1.82) is 0 Å². The van der Waals surface area contributed by atoms with E-state index in [1.807, 2.05) is 0 Å². The monoisotopic (exact) mass is 259 g/mol. The van der Waals surface area contributed by atoms with Crippen LogP contribution in [0.3, 0.4) is 0 Å². The minimum Gasteiger partial charge on any atom is -0.360 e. The number of piperidine rings is 1. The molecule has 2 fully saturated rings. The van der Waals surface area contributed by atoms with Crippen molar-refractivity contribution in [2.45, 2.75) is 18.8 Å². The molecule has 4 nitrogen and oxygen atoms in total. The molecule has 0 spiro atoms. The Morgan fingerprint density at radius 1 is 1.21 bits per heavy atom. The topological polar surface area (TPSA) is 44.4 Å². The zero-order chi connectivity index (χ0) is 13.1. The van der Waals surface area contributed by atoms with E-state index in [2.05, 4.69) is 39.8 Å². The average molecular weight is 259 g/mol. The SMILES string of the molecule is O=C1CN(c2ccccc2C2CCCNC2)CCN1. The van der Waals surface area contributed by atoms with Crippen molar-refractivity contribution < 1.29 is 4.79 Å². The number of para-hydroxylation sites is 1. The van der Waals surface area contributed by atoms with Crippen molar-refractivity contribution in [3.63, 3.8) is 0 Å². The predicted molar refractivity (Wildman–Crippen MR) is 76.5 cm³/mol. The first kappa shape index (κ1) is 12.5. The van der Waals surface area contributed by atoms with Gasteiger partial charge in [-0.05, 0) is 36.9 Å². The fraction of sp³-hybridized carbons (Fsp3) is 0.533. The summed E-state index contributed by atoms with van der Waals surface area (Å²) in [5, 5.41) is 6.36. The van der Waals surface area contributed by atoms with E-state index in [9.17, 15) is 4.79 Å². The van der Waals surface area contributed by atoms with Gasteiger partial charge in [-0.1, -0.05) is 18.2 Å². The third-order valence-corrected chi connectivity index (χ3v) is 4.05. The maximum Gasteiger partial charge on any atom is 0.239 e. The molecule has 0 bridgehead atoms. The van der Waals surface area contributed by atoms with Crippen LogP contribution >= 0.6 is 0 Å². The van der Waals surface area contributed by atoms with E-state index in [4.69, 9.17) is 0 Å². The Hall–Kier alpha value is -1.55. The summed E-state index contributed by atoms with van der Waals surface area (Å²) in [7, 11) is 0. The van der Waals surface area contributed by atoms with Crippen LogP contribution in [0.4, 0.5) is 5.69 Å². The van der Waals surface area contributed by atoms with Crippen molar-refractivity contribution in [3.8, 4) is 0 Å². The third kappa shape index (κ3) is 2.73. The molecular weight excluding hydrogens is 238 g/mol. The van der Waals surface area contributed by atoms with E-state index in [1.165, 1.54) is 24.1 Å². The summed E-state index contributed by atoms with van der Waals surface area (Å²) in [6.07, 6.45) is 2.48. The lowest BCUT2D eigenvalue weighted by atomic mass is 9.90. The Morgan fingerprint density at radius 3 is 2.89 bits per heavy atom. The van der Waals surface area contributed by atoms with E-state index in [0.29, 0.717) is 12.5 Å². The maximum atomic E-state index is 11.6. The summed E-state index contributed by atoms with van der Waals surface area (Å²) in [4.78, 5) is 13.8. The second kappa shape index (κ2) is 5.61. The van der Waals surface area contributed by atoms with Crippen LogP contribution in [0.2, 0.25) is 0 Å². The van der Waals surface area contributed by atoms with Gasteiger partial charge in [0.15, 0.2) is 0 Å². The molecule has 0 aliphatic carbocycles. The lowest BCUT2D eigenvalue weighted by Gasteiger charge is -2.33. The molecule has 102 valence electrons. The number of amides is 1. The zero-order valence-electron chi connectivity index (χ0n) is 11.2. The normalized spacial score (nSPS) is 24.1. The van der Waals surface area contributed by atoms with E-state index in [-0.39, 0.29) is 5.91 Å². The minimum atomic E-state index is 0.128. The molecule has 19 heavy (non-hydrogen) atoms. The van der Waals surface area contributed by atoms with Crippen molar-refractivity contribution in [2.24, 2.45) is 0 Å². The Balaban J connectivity index is 1.85. The number of anilines is 1. The third-order valence-electron chi connectivity index (χ3n) is 4.05. The highest BCUT2D eigenvalue weighted by molar-refractivity contribution is 5.83. The summed E-state index contributed by atoms with van der Waals surface area (Å²) in [6.45, 7) is 4.32. The molecule has 1 aromatic rings. The molecule has 1 atom stereocenters. The number of hydrogen-bond donors (Lipinski definition) is 2. The van der Waals surface area contributed by atoms with Crippen molar-refractivity contribution >= 4 is 11.6 Å². The summed E-state index contributed by atoms with van der Waals surface area (Å²) in [5.74, 6) is 0.706. The van der Waals surface area contributed by atoms with Crippen LogP contribution in [-0.2, 0) is 4.79 Å². The van der Waals surface area contributed by atoms with E-state index < -0.39 is 0 Å². The number of piperazine rings is 1. The minimum absolute atomic E-state index is 0.128. The van der Waals surface area contributed by atoms with Crippen LogP contribution in [0.25, 0.3) is 0 Å². The van der Waals surface area contributed by atoms with Crippen molar-refractivity contribution in [1.82, 2.24) is 10.6 Å². The molecule has 2 saturated heterocycles. The molecular formula is C15H21N3O. The number of nitrogens with one attached hydrogen (secondary N) is 2. The van der Waals surface area contributed by atoms with Gasteiger partial charge in [0.25, 0.3) is 0 Å². The zero-order valence-corrected chi connectivity index (χ0v) is 11.2. The van der Waals surface area contributed by atoms with Gasteiger partial charge in [0.1, 0.15) is 0 Å². The molecule has 1 amide bonds. The van der Waals surface area contributed by atoms with E-state index >= 15 is 0 Å². The molecule has 2 aliphatic rings. The first-order valence-electron chi connectivity index (χ1n) is 7.16. The fourth-order valence-electron chi connectivity index (χ4n) is 3.08. The first-order valence-corrected chi connectivity index (χ1v) is 7.16. The average Bonchev–Trinajstić information content (AvgIpc) is 2.48. The second-order valence-electron chi connectivity index (χ2n) is 5.37. The molecule has 4 heteroatoms. The molecule has 2 aliphatic heterocycles. The van der Waals surface area contributed by atoms with Gasteiger partial charge in [0.05, 0.1) is 6.54 Å². The lowest BCUT2D eigenvalue weighted by Crippen LogP contribution is -2.48. The standard InChI is InChI=1S/C15H21N3O/c19-15-11-18(9-8-17-15)14-6-2-1-5-13(14)12-4-3-7-16-10-12/h1-2,5-6,12,16H,3-4,7-11H2,(H,17,19). The van der Waals surface area contributed by atoms with Crippen LogP contribution in [0, 0.1) is 0 Å². The first-order chi connectivity index (χ1) is 9.34. The van der Waals surface area contributed by atoms with Gasteiger partial charge >= 0.3 is 0 Å². The molecule has 1 aromatic carbocycles. The Bertz CT molecular complexity index is 454. The Kier molecular flexibility index (Phi) is 3.69. The van der Waals surface area contributed by atoms with Crippen LogP contribution in [0.1, 0.15) is 24.3 Å². The molecule has 2 heterocycles. The number of hydrogen-bond acceptors (Lipinski definition) is 3. The molecule has 0 saturated carbocycles. The van der Waals surface area contributed by atoms with Crippen LogP contribution in [-0.4, -0.2) is 38.6 Å². The quantitative estimate of drug-likeness (QED) is 0.835. The van der Waals surface area contributed by atoms with E-state index in [0.717, 1.165) is 26.2 Å². The van der Waals surface area contributed by atoms with Gasteiger partial charge < -0.3 is 15.5 Å². The molecule has 2 N–H and O–H groups in total. The largest absolute Gasteiger partial charge is 0.360 e. The summed E-state index contributed by atoms with van der Waals surface area (Å²) < 4.78 is 0. The molecule has 0 radical (unpaired) electrons. The number of carbonyl (C=O) groups is 1. The van der Waals surface area contributed by atoms with Crippen LogP contribution in [0.5, 0.6) is 0 Å². The highest BCUT2D eigenvalue weighted by atomic mass is 16.2. The number of nitrogens with zero attached hydrogens (tertiary/aromatic N) is 1. The van der Waals surface area contributed by atoms with Gasteiger partial charge in [0.2, 0.25) is 5.91 Å². The summed E-state index contributed by atoms with van der Waals surface area (Å²) >= 11 is 0. The van der Waals surface area contributed by atoms with E-state index in [1.54, 1.807) is 0 Å². The van der Waals surface area contributed by atoms with Gasteiger partial charge in [0, 0.05) is 25.3 Å². The Labute approximate surface area is 114 Å². The smallest absolute Gasteiger partial charge is 0.239 e. The van der Waals surface area contributed by atoms with Gasteiger partial charge in [-0.3, -0.25) is 4.79 Å². The number of rotatable bonds is 2. The molecule has 0 aromatic heterocycles.